The minimum Gasteiger partial charge on any atom is -0.374 e. The first kappa shape index (κ1) is 15.2. The van der Waals surface area contributed by atoms with Crippen LogP contribution in [-0.2, 0) is 4.74 Å². The maximum Gasteiger partial charge on any atom is 0.163 e. The molecule has 2 heterocycles. The number of hydrogen-bond donors (Lipinski definition) is 2. The molecule has 0 aliphatic carbocycles. The van der Waals surface area contributed by atoms with E-state index in [0.29, 0.717) is 12.2 Å². The Hall–Kier alpha value is -0.690. The van der Waals surface area contributed by atoms with Crippen LogP contribution in [0.4, 0.5) is 8.78 Å². The Kier molecular flexibility index (Phi) is 4.49. The highest BCUT2D eigenvalue weighted by atomic mass is 32.2. The van der Waals surface area contributed by atoms with E-state index < -0.39 is 11.6 Å². The van der Waals surface area contributed by atoms with Gasteiger partial charge in [-0.25, -0.2) is 8.78 Å². The number of nitrogens with one attached hydrogen (secondary N) is 1. The molecule has 21 heavy (non-hydrogen) atoms. The van der Waals surface area contributed by atoms with Crippen molar-refractivity contribution in [1.82, 2.24) is 5.43 Å². The van der Waals surface area contributed by atoms with Gasteiger partial charge in [0.25, 0.3) is 0 Å². The molecular weight excluding hydrogens is 294 g/mol. The van der Waals surface area contributed by atoms with E-state index in [1.165, 1.54) is 6.07 Å². The number of thioether (sulfide) groups is 1. The summed E-state index contributed by atoms with van der Waals surface area (Å²) in [7, 11) is 0. The van der Waals surface area contributed by atoms with Crippen LogP contribution in [0.1, 0.15) is 30.9 Å². The standard InChI is InChI=1S/C15H20F2N2OS/c16-12-3-1-2-11(13(12)17)14(19-18)10-4-6-20-15(8-10)5-7-21-9-15/h1-3,10,14,19H,4-9,18H2. The molecule has 0 radical (unpaired) electrons. The summed E-state index contributed by atoms with van der Waals surface area (Å²) >= 11 is 1.89. The molecule has 2 aliphatic rings. The van der Waals surface area contributed by atoms with E-state index in [0.717, 1.165) is 36.8 Å². The van der Waals surface area contributed by atoms with E-state index in [4.69, 9.17) is 10.6 Å². The second-order valence-corrected chi connectivity index (χ2v) is 6.98. The third kappa shape index (κ3) is 2.95. The molecule has 0 bridgehead atoms. The molecule has 116 valence electrons. The molecule has 6 heteroatoms. The van der Waals surface area contributed by atoms with E-state index in [-0.39, 0.29) is 17.6 Å². The van der Waals surface area contributed by atoms with E-state index >= 15 is 0 Å². The third-order valence-corrected chi connectivity index (χ3v) is 5.79. The van der Waals surface area contributed by atoms with Crippen molar-refractivity contribution < 1.29 is 13.5 Å². The summed E-state index contributed by atoms with van der Waals surface area (Å²) in [5.41, 5.74) is 2.90. The Bertz CT molecular complexity index is 508. The van der Waals surface area contributed by atoms with Gasteiger partial charge in [0.2, 0.25) is 0 Å². The number of hydrogen-bond acceptors (Lipinski definition) is 4. The predicted molar refractivity (Wildman–Crippen MR) is 79.8 cm³/mol. The van der Waals surface area contributed by atoms with Gasteiger partial charge in [0, 0.05) is 17.9 Å². The summed E-state index contributed by atoms with van der Waals surface area (Å²) < 4.78 is 33.5. The van der Waals surface area contributed by atoms with Gasteiger partial charge in [-0.2, -0.15) is 11.8 Å². The van der Waals surface area contributed by atoms with Crippen molar-refractivity contribution in [2.24, 2.45) is 11.8 Å². The Labute approximate surface area is 127 Å². The lowest BCUT2D eigenvalue weighted by molar-refractivity contribution is -0.0856. The minimum atomic E-state index is -0.828. The first-order valence-electron chi connectivity index (χ1n) is 7.27. The van der Waals surface area contributed by atoms with E-state index in [2.05, 4.69) is 5.43 Å². The SMILES string of the molecule is NNC(c1cccc(F)c1F)C1CCOC2(CCSC2)C1. The van der Waals surface area contributed by atoms with Gasteiger partial charge in [-0.3, -0.25) is 11.3 Å². The average molecular weight is 314 g/mol. The quantitative estimate of drug-likeness (QED) is 0.665. The van der Waals surface area contributed by atoms with Crippen molar-refractivity contribution in [2.45, 2.75) is 30.9 Å². The van der Waals surface area contributed by atoms with Crippen LogP contribution in [0.3, 0.4) is 0 Å². The van der Waals surface area contributed by atoms with Crippen molar-refractivity contribution in [3.05, 3.63) is 35.4 Å². The van der Waals surface area contributed by atoms with Crippen LogP contribution in [0.2, 0.25) is 0 Å². The van der Waals surface area contributed by atoms with Gasteiger partial charge in [0.15, 0.2) is 11.6 Å². The number of ether oxygens (including phenoxy) is 1. The van der Waals surface area contributed by atoms with Crippen LogP contribution in [-0.4, -0.2) is 23.7 Å². The molecule has 1 aromatic rings. The summed E-state index contributed by atoms with van der Waals surface area (Å²) in [6.45, 7) is 0.653. The lowest BCUT2D eigenvalue weighted by Crippen LogP contribution is -2.45. The van der Waals surface area contributed by atoms with Crippen molar-refractivity contribution in [2.75, 3.05) is 18.1 Å². The largest absolute Gasteiger partial charge is 0.374 e. The molecule has 1 aromatic carbocycles. The van der Waals surface area contributed by atoms with Crippen LogP contribution >= 0.6 is 11.8 Å². The third-order valence-electron chi connectivity index (χ3n) is 4.57. The predicted octanol–water partition coefficient (Wildman–Crippen LogP) is 2.77. The monoisotopic (exact) mass is 314 g/mol. The van der Waals surface area contributed by atoms with Gasteiger partial charge in [-0.1, -0.05) is 12.1 Å². The van der Waals surface area contributed by atoms with Crippen molar-refractivity contribution in [3.8, 4) is 0 Å². The van der Waals surface area contributed by atoms with Crippen molar-refractivity contribution in [1.29, 1.82) is 0 Å². The van der Waals surface area contributed by atoms with Gasteiger partial charge in [-0.05, 0) is 37.0 Å². The first-order valence-corrected chi connectivity index (χ1v) is 8.42. The Morgan fingerprint density at radius 2 is 2.29 bits per heavy atom. The Morgan fingerprint density at radius 3 is 3.00 bits per heavy atom. The molecule has 0 aromatic heterocycles. The highest BCUT2D eigenvalue weighted by Gasteiger charge is 2.43. The van der Waals surface area contributed by atoms with E-state index in [1.54, 1.807) is 6.07 Å². The highest BCUT2D eigenvalue weighted by molar-refractivity contribution is 7.99. The van der Waals surface area contributed by atoms with Gasteiger partial charge >= 0.3 is 0 Å². The van der Waals surface area contributed by atoms with Crippen LogP contribution in [0.15, 0.2) is 18.2 Å². The zero-order valence-corrected chi connectivity index (χ0v) is 12.6. The molecule has 3 atom stereocenters. The van der Waals surface area contributed by atoms with Crippen LogP contribution in [0.25, 0.3) is 0 Å². The van der Waals surface area contributed by atoms with Crippen LogP contribution < -0.4 is 11.3 Å². The Morgan fingerprint density at radius 1 is 1.43 bits per heavy atom. The molecule has 2 fully saturated rings. The molecule has 0 amide bonds. The number of benzene rings is 1. The molecule has 3 unspecified atom stereocenters. The normalized spacial score (nSPS) is 30.7. The van der Waals surface area contributed by atoms with Gasteiger partial charge in [0.05, 0.1) is 11.6 Å². The fourth-order valence-corrected chi connectivity index (χ4v) is 4.83. The second kappa shape index (κ2) is 6.20. The maximum absolute atomic E-state index is 14.1. The highest BCUT2D eigenvalue weighted by Crippen LogP contribution is 2.44. The van der Waals surface area contributed by atoms with Crippen LogP contribution in [0, 0.1) is 17.6 Å². The molecule has 0 saturated carbocycles. The van der Waals surface area contributed by atoms with Gasteiger partial charge in [0.1, 0.15) is 0 Å². The lowest BCUT2D eigenvalue weighted by atomic mass is 9.79. The maximum atomic E-state index is 14.1. The first-order chi connectivity index (χ1) is 10.2. The summed E-state index contributed by atoms with van der Waals surface area (Å²) in [4.78, 5) is 0. The molecule has 3 nitrogen and oxygen atoms in total. The molecule has 2 aliphatic heterocycles. The molecule has 3 rings (SSSR count). The fourth-order valence-electron chi connectivity index (χ4n) is 3.45. The lowest BCUT2D eigenvalue weighted by Gasteiger charge is -2.40. The minimum absolute atomic E-state index is 0.105. The summed E-state index contributed by atoms with van der Waals surface area (Å²) in [5, 5.41) is 0. The van der Waals surface area contributed by atoms with Crippen molar-refractivity contribution in [3.63, 3.8) is 0 Å². The zero-order valence-electron chi connectivity index (χ0n) is 11.8. The number of hydrazine groups is 1. The Balaban J connectivity index is 1.84. The summed E-state index contributed by atoms with van der Waals surface area (Å²) in [6.07, 6.45) is 2.67. The average Bonchev–Trinajstić information content (AvgIpc) is 2.92. The molecular formula is C15H20F2N2OS. The second-order valence-electron chi connectivity index (χ2n) is 5.87. The van der Waals surface area contributed by atoms with Crippen molar-refractivity contribution >= 4 is 11.8 Å². The van der Waals surface area contributed by atoms with Gasteiger partial charge in [-0.15, -0.1) is 0 Å². The fraction of sp³-hybridized carbons (Fsp3) is 0.600. The van der Waals surface area contributed by atoms with E-state index in [1.807, 2.05) is 11.8 Å². The summed E-state index contributed by atoms with van der Waals surface area (Å²) in [5.74, 6) is 6.25. The number of rotatable bonds is 3. The topological polar surface area (TPSA) is 47.3 Å². The summed E-state index contributed by atoms with van der Waals surface area (Å²) in [6, 6.07) is 3.88. The van der Waals surface area contributed by atoms with Gasteiger partial charge < -0.3 is 4.74 Å². The molecule has 2 saturated heterocycles. The molecule has 3 N–H and O–H groups in total. The zero-order chi connectivity index (χ0) is 14.9. The number of nitrogens with two attached hydrogens (primary N) is 1. The number of halogens is 2. The molecule has 1 spiro atoms. The van der Waals surface area contributed by atoms with Crippen LogP contribution in [0.5, 0.6) is 0 Å². The van der Waals surface area contributed by atoms with E-state index in [9.17, 15) is 8.78 Å². The smallest absolute Gasteiger partial charge is 0.163 e.